The molecule has 5 heteroatoms. The zero-order chi connectivity index (χ0) is 15.6. The fraction of sp³-hybridized carbons (Fsp3) is 0.188. The number of nitrogens with zero attached hydrogens (tertiary/aromatic N) is 1. The van der Waals surface area contributed by atoms with Gasteiger partial charge in [-0.3, -0.25) is 9.59 Å². The van der Waals surface area contributed by atoms with Crippen molar-refractivity contribution in [1.82, 2.24) is 0 Å². The molecule has 1 aromatic carbocycles. The first-order chi connectivity index (χ1) is 9.86. The number of amides is 1. The van der Waals surface area contributed by atoms with E-state index in [2.05, 4.69) is 10.3 Å². The van der Waals surface area contributed by atoms with Crippen LogP contribution < -0.4 is 5.32 Å². The van der Waals surface area contributed by atoms with Crippen LogP contribution >= 0.6 is 0 Å². The maximum absolute atomic E-state index is 11.3. The van der Waals surface area contributed by atoms with Gasteiger partial charge in [0, 0.05) is 6.92 Å². The van der Waals surface area contributed by atoms with Crippen LogP contribution in [0.4, 0.5) is 11.4 Å². The predicted molar refractivity (Wildman–Crippen MR) is 82.1 cm³/mol. The van der Waals surface area contributed by atoms with Gasteiger partial charge in [-0.1, -0.05) is 0 Å². The zero-order valence-electron chi connectivity index (χ0n) is 12.1. The normalized spacial score (nSPS) is 16.0. The number of hydrogen-bond donors (Lipinski definition) is 2. The minimum absolute atomic E-state index is 0.00622. The van der Waals surface area contributed by atoms with Crippen LogP contribution in [0.15, 0.2) is 40.9 Å². The van der Waals surface area contributed by atoms with Gasteiger partial charge in [-0.05, 0) is 55.3 Å². The summed E-state index contributed by atoms with van der Waals surface area (Å²) < 4.78 is 0. The van der Waals surface area contributed by atoms with Gasteiger partial charge in [0.05, 0.1) is 17.1 Å². The molecule has 1 aromatic rings. The molecule has 0 bridgehead atoms. The van der Waals surface area contributed by atoms with Crippen LogP contribution in [0, 0.1) is 6.92 Å². The van der Waals surface area contributed by atoms with Gasteiger partial charge >= 0.3 is 0 Å². The summed E-state index contributed by atoms with van der Waals surface area (Å²) in [6, 6.07) is 3.15. The fourth-order valence-electron chi connectivity index (χ4n) is 1.97. The Balaban J connectivity index is 2.45. The van der Waals surface area contributed by atoms with Gasteiger partial charge < -0.3 is 10.4 Å². The quantitative estimate of drug-likeness (QED) is 0.647. The average molecular weight is 284 g/mol. The number of aryl methyl sites for hydroxylation is 1. The molecule has 2 rings (SSSR count). The van der Waals surface area contributed by atoms with Crippen LogP contribution in [0.1, 0.15) is 19.4 Å². The Morgan fingerprint density at radius 1 is 1.24 bits per heavy atom. The predicted octanol–water partition coefficient (Wildman–Crippen LogP) is 2.82. The molecule has 0 fully saturated rings. The molecule has 0 aliphatic heterocycles. The first-order valence-corrected chi connectivity index (χ1v) is 6.47. The Morgan fingerprint density at radius 3 is 2.57 bits per heavy atom. The van der Waals surface area contributed by atoms with Crippen LogP contribution in [0.25, 0.3) is 0 Å². The monoisotopic (exact) mass is 284 g/mol. The number of carbonyl (C=O) groups is 2. The molecule has 0 unspecified atom stereocenters. The number of phenols is 1. The van der Waals surface area contributed by atoms with E-state index >= 15 is 0 Å². The number of benzene rings is 1. The van der Waals surface area contributed by atoms with E-state index in [1.54, 1.807) is 18.2 Å². The van der Waals surface area contributed by atoms with Crippen molar-refractivity contribution in [1.29, 1.82) is 0 Å². The van der Waals surface area contributed by atoms with Crippen molar-refractivity contribution in [3.05, 3.63) is 41.5 Å². The second kappa shape index (κ2) is 5.75. The summed E-state index contributed by atoms with van der Waals surface area (Å²) in [6.07, 6.45) is 4.63. The molecular formula is C16H16N2O3. The Morgan fingerprint density at radius 2 is 1.95 bits per heavy atom. The third kappa shape index (κ3) is 3.45. The summed E-state index contributed by atoms with van der Waals surface area (Å²) in [5.41, 5.74) is 3.16. The Labute approximate surface area is 122 Å². The minimum Gasteiger partial charge on any atom is -0.506 e. The van der Waals surface area contributed by atoms with E-state index in [9.17, 15) is 14.7 Å². The number of phenolic OH excluding ortho intramolecular Hbond substituents is 1. The second-order valence-electron chi connectivity index (χ2n) is 4.90. The number of hydrogen-bond acceptors (Lipinski definition) is 4. The minimum atomic E-state index is -0.271. The molecule has 0 aromatic heterocycles. The van der Waals surface area contributed by atoms with Crippen LogP contribution in [-0.4, -0.2) is 22.5 Å². The lowest BCUT2D eigenvalue weighted by Gasteiger charge is -2.11. The molecule has 1 aliphatic carbocycles. The fourth-order valence-corrected chi connectivity index (χ4v) is 1.97. The van der Waals surface area contributed by atoms with Crippen molar-refractivity contribution in [2.24, 2.45) is 4.99 Å². The number of ketones is 1. The summed E-state index contributed by atoms with van der Waals surface area (Å²) in [6.45, 7) is 4.99. The van der Waals surface area contributed by atoms with Gasteiger partial charge in [0.25, 0.3) is 0 Å². The molecule has 2 N–H and O–H groups in total. The number of anilines is 1. The SMILES string of the molecule is CC(=O)Nc1cc(N=C2C=CC(=O)C=C2C)c(C)cc1O. The smallest absolute Gasteiger partial charge is 0.221 e. The highest BCUT2D eigenvalue weighted by Gasteiger charge is 2.11. The van der Waals surface area contributed by atoms with Crippen molar-refractivity contribution in [2.75, 3.05) is 5.32 Å². The van der Waals surface area contributed by atoms with Gasteiger partial charge in [-0.2, -0.15) is 0 Å². The van der Waals surface area contributed by atoms with E-state index in [1.165, 1.54) is 19.1 Å². The first kappa shape index (κ1) is 14.7. The lowest BCUT2D eigenvalue weighted by atomic mass is 10.0. The largest absolute Gasteiger partial charge is 0.506 e. The number of carbonyl (C=O) groups excluding carboxylic acids is 2. The number of aliphatic imine (C=N–C) groups is 1. The molecule has 0 radical (unpaired) electrons. The lowest BCUT2D eigenvalue weighted by molar-refractivity contribution is -0.114. The Kier molecular flexibility index (Phi) is 4.03. The molecule has 1 aliphatic rings. The van der Waals surface area contributed by atoms with Crippen molar-refractivity contribution >= 4 is 28.8 Å². The zero-order valence-corrected chi connectivity index (χ0v) is 12.1. The molecule has 0 spiro atoms. The van der Waals surface area contributed by atoms with E-state index in [0.29, 0.717) is 17.1 Å². The first-order valence-electron chi connectivity index (χ1n) is 6.47. The number of allylic oxidation sites excluding steroid dienone is 4. The molecule has 0 saturated heterocycles. The molecular weight excluding hydrogens is 268 g/mol. The Bertz CT molecular complexity index is 712. The van der Waals surface area contributed by atoms with Crippen molar-refractivity contribution in [2.45, 2.75) is 20.8 Å². The van der Waals surface area contributed by atoms with Crippen molar-refractivity contribution in [3.63, 3.8) is 0 Å². The van der Waals surface area contributed by atoms with Gasteiger partial charge in [0.2, 0.25) is 5.91 Å². The summed E-state index contributed by atoms with van der Waals surface area (Å²) >= 11 is 0. The third-order valence-corrected chi connectivity index (χ3v) is 3.03. The van der Waals surface area contributed by atoms with Gasteiger partial charge in [-0.25, -0.2) is 4.99 Å². The summed E-state index contributed by atoms with van der Waals surface area (Å²) in [4.78, 5) is 26.9. The van der Waals surface area contributed by atoms with E-state index in [-0.39, 0.29) is 17.4 Å². The highest BCUT2D eigenvalue weighted by Crippen LogP contribution is 2.32. The van der Waals surface area contributed by atoms with Gasteiger partial charge in [0.1, 0.15) is 5.75 Å². The number of rotatable bonds is 2. The third-order valence-electron chi connectivity index (χ3n) is 3.03. The van der Waals surface area contributed by atoms with E-state index in [1.807, 2.05) is 13.8 Å². The van der Waals surface area contributed by atoms with Gasteiger partial charge in [0.15, 0.2) is 5.78 Å². The van der Waals surface area contributed by atoms with Crippen molar-refractivity contribution in [3.8, 4) is 5.75 Å². The van der Waals surface area contributed by atoms with E-state index in [4.69, 9.17) is 0 Å². The highest BCUT2D eigenvalue weighted by molar-refractivity contribution is 6.20. The molecule has 5 nitrogen and oxygen atoms in total. The van der Waals surface area contributed by atoms with Crippen molar-refractivity contribution < 1.29 is 14.7 Å². The highest BCUT2D eigenvalue weighted by atomic mass is 16.3. The molecule has 0 atom stereocenters. The Hall–Kier alpha value is -2.69. The topological polar surface area (TPSA) is 78.8 Å². The lowest BCUT2D eigenvalue weighted by Crippen LogP contribution is -2.07. The maximum Gasteiger partial charge on any atom is 0.221 e. The number of aromatic hydroxyl groups is 1. The summed E-state index contributed by atoms with van der Waals surface area (Å²) in [5, 5.41) is 12.4. The second-order valence-corrected chi connectivity index (χ2v) is 4.90. The maximum atomic E-state index is 11.3. The molecule has 1 amide bonds. The van der Waals surface area contributed by atoms with E-state index in [0.717, 1.165) is 11.1 Å². The number of nitrogens with one attached hydrogen (secondary N) is 1. The van der Waals surface area contributed by atoms with Crippen LogP contribution in [0.3, 0.4) is 0 Å². The molecule has 0 saturated carbocycles. The summed E-state index contributed by atoms with van der Waals surface area (Å²) in [5.74, 6) is -0.340. The molecule has 21 heavy (non-hydrogen) atoms. The summed E-state index contributed by atoms with van der Waals surface area (Å²) in [7, 11) is 0. The van der Waals surface area contributed by atoms with E-state index < -0.39 is 0 Å². The van der Waals surface area contributed by atoms with Crippen LogP contribution in [0.2, 0.25) is 0 Å². The average Bonchev–Trinajstić information content (AvgIpc) is 2.37. The van der Waals surface area contributed by atoms with Crippen LogP contribution in [-0.2, 0) is 9.59 Å². The van der Waals surface area contributed by atoms with Gasteiger partial charge in [-0.15, -0.1) is 0 Å². The standard InChI is InChI=1S/C16H16N2O3/c1-9-6-12(20)4-5-13(9)18-14-8-15(17-11(3)19)16(21)7-10(14)2/h4-8,21H,1-3H3,(H,17,19). The van der Waals surface area contributed by atoms with Crippen LogP contribution in [0.5, 0.6) is 5.75 Å². The molecule has 0 heterocycles. The molecule has 108 valence electrons.